The third kappa shape index (κ3) is 9.85. The maximum absolute atomic E-state index is 14.3. The fourth-order valence-electron chi connectivity index (χ4n) is 6.82. The van der Waals surface area contributed by atoms with Gasteiger partial charge in [-0.2, -0.15) is 0 Å². The highest BCUT2D eigenvalue weighted by Crippen LogP contribution is 2.41. The first kappa shape index (κ1) is 36.9. The normalized spacial score (nSPS) is 19.2. The molecule has 50 heavy (non-hydrogen) atoms. The first-order valence-corrected chi connectivity index (χ1v) is 17.1. The molecule has 3 amide bonds. The molecule has 0 radical (unpaired) electrons. The summed E-state index contributed by atoms with van der Waals surface area (Å²) < 4.78 is 47.3. The zero-order valence-electron chi connectivity index (χ0n) is 28.4. The summed E-state index contributed by atoms with van der Waals surface area (Å²) in [5.74, 6) is -2.23. The number of hydrogen-bond donors (Lipinski definition) is 4. The smallest absolute Gasteiger partial charge is 0.249 e. The average Bonchev–Trinajstić information content (AvgIpc) is 3.83. The molecule has 0 bridgehead atoms. The summed E-state index contributed by atoms with van der Waals surface area (Å²) in [6.07, 6.45) is 1.97. The molecular formula is C38H45F3N4O5. The number of amides is 3. The molecule has 1 saturated heterocycles. The predicted octanol–water partition coefficient (Wildman–Crippen LogP) is 4.20. The van der Waals surface area contributed by atoms with Crippen molar-refractivity contribution >= 4 is 17.7 Å². The molecule has 268 valence electrons. The lowest BCUT2D eigenvalue weighted by molar-refractivity contribution is -0.143. The lowest BCUT2D eigenvalue weighted by atomic mass is 9.90. The largest absolute Gasteiger partial charge is 0.497 e. The quantitative estimate of drug-likeness (QED) is 0.168. The Hall–Kier alpha value is -4.42. The Labute approximate surface area is 290 Å². The minimum atomic E-state index is -1.20. The van der Waals surface area contributed by atoms with Crippen LogP contribution in [0.4, 0.5) is 13.2 Å². The van der Waals surface area contributed by atoms with Crippen molar-refractivity contribution in [2.45, 2.75) is 82.1 Å². The molecule has 0 aromatic heterocycles. The van der Waals surface area contributed by atoms with E-state index in [0.717, 1.165) is 42.2 Å². The number of methoxy groups -OCH3 is 1. The summed E-state index contributed by atoms with van der Waals surface area (Å²) in [5.41, 5.74) is 0.764. The number of likely N-dealkylation sites (tertiary alicyclic amines) is 1. The molecular weight excluding hydrogens is 649 g/mol. The molecule has 0 spiro atoms. The summed E-state index contributed by atoms with van der Waals surface area (Å²) in [6.45, 7) is 1.98. The second kappa shape index (κ2) is 16.5. The van der Waals surface area contributed by atoms with Crippen molar-refractivity contribution in [1.29, 1.82) is 0 Å². The summed E-state index contributed by atoms with van der Waals surface area (Å²) in [6, 6.07) is 14.3. The van der Waals surface area contributed by atoms with Crippen molar-refractivity contribution < 1.29 is 37.4 Å². The fourth-order valence-corrected chi connectivity index (χ4v) is 6.82. The number of carbonyl (C=O) groups excluding carboxylic acids is 3. The van der Waals surface area contributed by atoms with Crippen LogP contribution in [0.1, 0.15) is 55.7 Å². The number of ether oxygens (including phenoxy) is 1. The highest BCUT2D eigenvalue weighted by Gasteiger charge is 2.52. The van der Waals surface area contributed by atoms with Crippen LogP contribution in [0, 0.1) is 23.4 Å². The Kier molecular flexibility index (Phi) is 12.2. The summed E-state index contributed by atoms with van der Waals surface area (Å²) >= 11 is 0. The molecule has 1 unspecified atom stereocenters. The van der Waals surface area contributed by atoms with Gasteiger partial charge < -0.3 is 30.7 Å². The second-order valence-corrected chi connectivity index (χ2v) is 13.5. The molecule has 3 aromatic rings. The lowest BCUT2D eigenvalue weighted by Gasteiger charge is -2.33. The monoisotopic (exact) mass is 694 g/mol. The highest BCUT2D eigenvalue weighted by molar-refractivity contribution is 5.96. The van der Waals surface area contributed by atoms with Gasteiger partial charge in [0.25, 0.3) is 0 Å². The number of aliphatic hydroxyl groups excluding tert-OH is 1. The third-order valence-electron chi connectivity index (χ3n) is 9.48. The van der Waals surface area contributed by atoms with Crippen molar-refractivity contribution in [3.8, 4) is 5.75 Å². The van der Waals surface area contributed by atoms with E-state index in [2.05, 4.69) is 16.0 Å². The Morgan fingerprint density at radius 3 is 2.36 bits per heavy atom. The van der Waals surface area contributed by atoms with Crippen LogP contribution >= 0.6 is 0 Å². The van der Waals surface area contributed by atoms with Crippen molar-refractivity contribution in [2.75, 3.05) is 20.2 Å². The van der Waals surface area contributed by atoms with Gasteiger partial charge in [-0.3, -0.25) is 14.4 Å². The van der Waals surface area contributed by atoms with Gasteiger partial charge in [0.05, 0.1) is 19.3 Å². The third-order valence-corrected chi connectivity index (χ3v) is 9.48. The van der Waals surface area contributed by atoms with Crippen LogP contribution < -0.4 is 20.7 Å². The van der Waals surface area contributed by atoms with Gasteiger partial charge in [-0.05, 0) is 91.1 Å². The summed E-state index contributed by atoms with van der Waals surface area (Å²) in [4.78, 5) is 42.2. The second-order valence-electron chi connectivity index (χ2n) is 13.5. The van der Waals surface area contributed by atoms with Crippen LogP contribution in [-0.2, 0) is 33.8 Å². The standard InChI is InChI=1S/C38H45F3N4O5/c1-24(46)44-38(21-26-6-7-26)14-15-45(37(38)49)34(13-10-25-8-11-29(39)12-9-25)36(48)43-33(19-28-16-30(40)20-31(41)17-28)35(47)23-42-22-27-4-3-5-32(18-27)50-2/h3-5,8-9,11-12,16-18,20,26,33-35,42,47H,6-7,10,13-15,19,21-23H2,1-2H3,(H,43,48)(H,44,46)/t33-,34-,35?,38+/m0/s1. The number of nitrogens with zero attached hydrogens (tertiary/aromatic N) is 1. The molecule has 1 aliphatic carbocycles. The average molecular weight is 695 g/mol. The molecule has 5 rings (SSSR count). The van der Waals surface area contributed by atoms with Gasteiger partial charge in [0.15, 0.2) is 0 Å². The van der Waals surface area contributed by atoms with Gasteiger partial charge >= 0.3 is 0 Å². The molecule has 9 nitrogen and oxygen atoms in total. The van der Waals surface area contributed by atoms with E-state index in [0.29, 0.717) is 37.5 Å². The fraction of sp³-hybridized carbons (Fsp3) is 0.447. The van der Waals surface area contributed by atoms with E-state index in [1.165, 1.54) is 24.0 Å². The van der Waals surface area contributed by atoms with E-state index in [9.17, 15) is 32.7 Å². The Balaban J connectivity index is 1.38. The number of rotatable bonds is 17. The van der Waals surface area contributed by atoms with Crippen LogP contribution in [0.3, 0.4) is 0 Å². The number of halogens is 3. The van der Waals surface area contributed by atoms with Gasteiger partial charge in [-0.25, -0.2) is 13.2 Å². The first-order chi connectivity index (χ1) is 23.9. The minimum Gasteiger partial charge on any atom is -0.497 e. The molecule has 1 saturated carbocycles. The zero-order chi connectivity index (χ0) is 35.8. The number of aliphatic hydroxyl groups is 1. The first-order valence-electron chi connectivity index (χ1n) is 17.1. The van der Waals surface area contributed by atoms with E-state index in [-0.39, 0.29) is 43.3 Å². The van der Waals surface area contributed by atoms with Crippen LogP contribution in [0.2, 0.25) is 0 Å². The Bertz CT molecular complexity index is 1630. The molecule has 4 atom stereocenters. The van der Waals surface area contributed by atoms with E-state index < -0.39 is 47.1 Å². The maximum atomic E-state index is 14.3. The van der Waals surface area contributed by atoms with Crippen molar-refractivity contribution in [1.82, 2.24) is 20.9 Å². The van der Waals surface area contributed by atoms with Crippen molar-refractivity contribution in [2.24, 2.45) is 5.92 Å². The maximum Gasteiger partial charge on any atom is 0.249 e. The minimum absolute atomic E-state index is 0.0237. The lowest BCUT2D eigenvalue weighted by Crippen LogP contribution is -2.59. The van der Waals surface area contributed by atoms with Crippen LogP contribution in [0.5, 0.6) is 5.75 Å². The SMILES string of the molecule is COc1cccc(CNCC(O)[C@H](Cc2cc(F)cc(F)c2)NC(=O)[C@H](CCc2ccc(F)cc2)N2CC[C@](CC3CC3)(NC(C)=O)C2=O)c1. The summed E-state index contributed by atoms with van der Waals surface area (Å²) in [5, 5.41) is 20.4. The molecule has 1 aliphatic heterocycles. The highest BCUT2D eigenvalue weighted by atomic mass is 19.1. The molecule has 2 fully saturated rings. The van der Waals surface area contributed by atoms with Gasteiger partial charge in [-0.15, -0.1) is 0 Å². The Morgan fingerprint density at radius 2 is 1.70 bits per heavy atom. The van der Waals surface area contributed by atoms with Gasteiger partial charge in [0.1, 0.15) is 34.8 Å². The molecule has 3 aromatic carbocycles. The molecule has 1 heterocycles. The van der Waals surface area contributed by atoms with Gasteiger partial charge in [0.2, 0.25) is 17.7 Å². The van der Waals surface area contributed by atoms with Crippen LogP contribution in [-0.4, -0.2) is 71.7 Å². The van der Waals surface area contributed by atoms with Crippen LogP contribution in [0.25, 0.3) is 0 Å². The van der Waals surface area contributed by atoms with Crippen molar-refractivity contribution in [3.63, 3.8) is 0 Å². The van der Waals surface area contributed by atoms with Crippen molar-refractivity contribution in [3.05, 3.63) is 101 Å². The predicted molar refractivity (Wildman–Crippen MR) is 181 cm³/mol. The number of hydrogen-bond acceptors (Lipinski definition) is 6. The number of carbonyl (C=O) groups is 3. The van der Waals surface area contributed by atoms with E-state index in [1.807, 2.05) is 24.3 Å². The van der Waals surface area contributed by atoms with E-state index >= 15 is 0 Å². The number of nitrogens with one attached hydrogen (secondary N) is 3. The van der Waals surface area contributed by atoms with Gasteiger partial charge in [-0.1, -0.05) is 37.1 Å². The molecule has 4 N–H and O–H groups in total. The topological polar surface area (TPSA) is 120 Å². The van der Waals surface area contributed by atoms with E-state index in [1.54, 1.807) is 19.2 Å². The number of aryl methyl sites for hydroxylation is 1. The van der Waals surface area contributed by atoms with Crippen LogP contribution in [0.15, 0.2) is 66.7 Å². The van der Waals surface area contributed by atoms with E-state index in [4.69, 9.17) is 4.74 Å². The molecule has 12 heteroatoms. The number of benzene rings is 3. The molecule has 2 aliphatic rings. The Morgan fingerprint density at radius 1 is 0.980 bits per heavy atom. The summed E-state index contributed by atoms with van der Waals surface area (Å²) in [7, 11) is 1.56. The van der Waals surface area contributed by atoms with Gasteiger partial charge in [0, 0.05) is 32.6 Å². The zero-order valence-corrected chi connectivity index (χ0v) is 28.4.